The van der Waals surface area contributed by atoms with Gasteiger partial charge in [-0.2, -0.15) is 0 Å². The van der Waals surface area contributed by atoms with Gasteiger partial charge >= 0.3 is 29.8 Å². The SMILES string of the molecule is O=C(O)CC(O)(CC(=O)OC(C(=O)O)C(O)C(=O)O)C(=O)O. The molecule has 0 amide bonds. The van der Waals surface area contributed by atoms with Crippen LogP contribution in [0.1, 0.15) is 12.8 Å². The van der Waals surface area contributed by atoms with E-state index in [9.17, 15) is 29.1 Å². The van der Waals surface area contributed by atoms with Crippen molar-refractivity contribution >= 4 is 29.8 Å². The Morgan fingerprint density at radius 1 is 0.909 bits per heavy atom. The van der Waals surface area contributed by atoms with Gasteiger partial charge in [0.15, 0.2) is 11.7 Å². The van der Waals surface area contributed by atoms with Crippen LogP contribution in [0.15, 0.2) is 0 Å². The maximum atomic E-state index is 11.4. The molecule has 0 saturated heterocycles. The molecular formula is C10H12O12. The van der Waals surface area contributed by atoms with Gasteiger partial charge in [0.1, 0.15) is 0 Å². The van der Waals surface area contributed by atoms with Crippen molar-refractivity contribution in [2.24, 2.45) is 0 Å². The lowest BCUT2D eigenvalue weighted by Gasteiger charge is -2.22. The van der Waals surface area contributed by atoms with Crippen LogP contribution in [0.25, 0.3) is 0 Å². The van der Waals surface area contributed by atoms with Gasteiger partial charge in [0.2, 0.25) is 6.10 Å². The molecular weight excluding hydrogens is 312 g/mol. The Morgan fingerprint density at radius 3 is 1.73 bits per heavy atom. The summed E-state index contributed by atoms with van der Waals surface area (Å²) in [5, 5.41) is 52.7. The predicted octanol–water partition coefficient (Wildman–Crippen LogP) is -2.89. The Morgan fingerprint density at radius 2 is 1.41 bits per heavy atom. The topological polar surface area (TPSA) is 216 Å². The highest BCUT2D eigenvalue weighted by Crippen LogP contribution is 2.18. The Hall–Kier alpha value is -2.73. The summed E-state index contributed by atoms with van der Waals surface area (Å²) in [5.74, 6) is -9.64. The average molecular weight is 324 g/mol. The third-order valence-corrected chi connectivity index (χ3v) is 2.32. The molecule has 0 bridgehead atoms. The van der Waals surface area contributed by atoms with Crippen LogP contribution in [-0.2, 0) is 28.7 Å². The minimum atomic E-state index is -3.08. The molecule has 3 atom stereocenters. The van der Waals surface area contributed by atoms with Crippen LogP contribution in [-0.4, -0.2) is 78.3 Å². The zero-order valence-corrected chi connectivity index (χ0v) is 10.7. The lowest BCUT2D eigenvalue weighted by atomic mass is 9.96. The van der Waals surface area contributed by atoms with Crippen molar-refractivity contribution in [1.29, 1.82) is 0 Å². The molecule has 0 spiro atoms. The quantitative estimate of drug-likeness (QED) is 0.235. The zero-order valence-electron chi connectivity index (χ0n) is 10.7. The Bertz CT molecular complexity index is 496. The summed E-state index contributed by atoms with van der Waals surface area (Å²) in [7, 11) is 0. The molecule has 0 aliphatic rings. The minimum Gasteiger partial charge on any atom is -0.481 e. The van der Waals surface area contributed by atoms with E-state index < -0.39 is 60.5 Å². The van der Waals surface area contributed by atoms with E-state index >= 15 is 0 Å². The molecule has 22 heavy (non-hydrogen) atoms. The van der Waals surface area contributed by atoms with E-state index in [1.54, 1.807) is 0 Å². The zero-order chi connectivity index (χ0) is 17.7. The van der Waals surface area contributed by atoms with E-state index in [4.69, 9.17) is 25.5 Å². The Kier molecular flexibility index (Phi) is 6.42. The van der Waals surface area contributed by atoms with Gasteiger partial charge in [-0.05, 0) is 0 Å². The van der Waals surface area contributed by atoms with Crippen molar-refractivity contribution in [2.45, 2.75) is 30.7 Å². The van der Waals surface area contributed by atoms with E-state index in [0.29, 0.717) is 0 Å². The number of hydrogen-bond donors (Lipinski definition) is 6. The summed E-state index contributed by atoms with van der Waals surface area (Å²) >= 11 is 0. The molecule has 0 aliphatic carbocycles. The first-order chi connectivity index (χ1) is 9.90. The number of rotatable bonds is 9. The lowest BCUT2D eigenvalue weighted by molar-refractivity contribution is -0.184. The highest BCUT2D eigenvalue weighted by Gasteiger charge is 2.43. The van der Waals surface area contributed by atoms with Gasteiger partial charge in [-0.3, -0.25) is 9.59 Å². The number of aliphatic hydroxyl groups is 2. The number of carboxylic acid groups (broad SMARTS) is 4. The standard InChI is InChI=1S/C10H12O12/c11-3(12)1-10(21,9(19)20)2-4(13)22-6(8(17)18)5(14)7(15)16/h5-6,14,21H,1-2H2,(H,11,12)(H,15,16)(H,17,18)(H,19,20). The van der Waals surface area contributed by atoms with Crippen LogP contribution in [0.3, 0.4) is 0 Å². The maximum Gasteiger partial charge on any atom is 0.348 e. The molecule has 3 unspecified atom stereocenters. The first kappa shape index (κ1) is 19.3. The summed E-state index contributed by atoms with van der Waals surface area (Å²) in [5.41, 5.74) is -3.08. The van der Waals surface area contributed by atoms with Crippen molar-refractivity contribution in [2.75, 3.05) is 0 Å². The van der Waals surface area contributed by atoms with Crippen molar-refractivity contribution in [3.63, 3.8) is 0 Å². The summed E-state index contributed by atoms with van der Waals surface area (Å²) in [6.45, 7) is 0. The van der Waals surface area contributed by atoms with E-state index in [0.717, 1.165) is 0 Å². The number of aliphatic hydroxyl groups excluding tert-OH is 1. The monoisotopic (exact) mass is 324 g/mol. The fraction of sp³-hybridized carbons (Fsp3) is 0.500. The number of esters is 1. The largest absolute Gasteiger partial charge is 0.481 e. The number of hydrogen-bond acceptors (Lipinski definition) is 8. The molecule has 124 valence electrons. The molecule has 12 heteroatoms. The van der Waals surface area contributed by atoms with Crippen LogP contribution >= 0.6 is 0 Å². The van der Waals surface area contributed by atoms with E-state index in [1.165, 1.54) is 0 Å². The average Bonchev–Trinajstić information content (AvgIpc) is 2.33. The first-order valence-electron chi connectivity index (χ1n) is 5.41. The molecule has 0 radical (unpaired) electrons. The number of aliphatic carboxylic acids is 4. The number of carbonyl (C=O) groups excluding carboxylic acids is 1. The fourth-order valence-corrected chi connectivity index (χ4v) is 1.27. The molecule has 0 saturated carbocycles. The molecule has 0 aromatic heterocycles. The van der Waals surface area contributed by atoms with Crippen molar-refractivity contribution in [3.8, 4) is 0 Å². The third kappa shape index (κ3) is 5.34. The van der Waals surface area contributed by atoms with Gasteiger partial charge in [-0.25, -0.2) is 14.4 Å². The van der Waals surface area contributed by atoms with E-state index in [1.807, 2.05) is 0 Å². The van der Waals surface area contributed by atoms with Crippen LogP contribution in [0.5, 0.6) is 0 Å². The van der Waals surface area contributed by atoms with Gasteiger partial charge in [0.25, 0.3) is 0 Å². The number of carbonyl (C=O) groups is 5. The second kappa shape index (κ2) is 7.33. The third-order valence-electron chi connectivity index (χ3n) is 2.32. The summed E-state index contributed by atoms with van der Waals surface area (Å²) in [4.78, 5) is 53.7. The van der Waals surface area contributed by atoms with Gasteiger partial charge in [-0.15, -0.1) is 0 Å². The second-order valence-corrected chi connectivity index (χ2v) is 4.12. The number of ether oxygens (including phenoxy) is 1. The fourth-order valence-electron chi connectivity index (χ4n) is 1.27. The molecule has 0 aromatic rings. The van der Waals surface area contributed by atoms with Crippen LogP contribution in [0, 0.1) is 0 Å². The number of carboxylic acids is 4. The second-order valence-electron chi connectivity index (χ2n) is 4.12. The highest BCUT2D eigenvalue weighted by atomic mass is 16.6. The van der Waals surface area contributed by atoms with Crippen molar-refractivity contribution < 1.29 is 59.3 Å². The summed E-state index contributed by atoms with van der Waals surface area (Å²) in [6, 6.07) is 0. The molecule has 0 aliphatic heterocycles. The lowest BCUT2D eigenvalue weighted by Crippen LogP contribution is -2.46. The predicted molar refractivity (Wildman–Crippen MR) is 60.6 cm³/mol. The van der Waals surface area contributed by atoms with Gasteiger partial charge in [0.05, 0.1) is 12.8 Å². The van der Waals surface area contributed by atoms with Gasteiger partial charge < -0.3 is 35.4 Å². The van der Waals surface area contributed by atoms with Gasteiger partial charge in [-0.1, -0.05) is 0 Å². The molecule has 12 nitrogen and oxygen atoms in total. The van der Waals surface area contributed by atoms with Crippen molar-refractivity contribution in [1.82, 2.24) is 0 Å². The smallest absolute Gasteiger partial charge is 0.348 e. The van der Waals surface area contributed by atoms with E-state index in [2.05, 4.69) is 4.74 Å². The van der Waals surface area contributed by atoms with Crippen molar-refractivity contribution in [3.05, 3.63) is 0 Å². The van der Waals surface area contributed by atoms with E-state index in [-0.39, 0.29) is 0 Å². The normalized spacial score (nSPS) is 15.9. The molecule has 6 N–H and O–H groups in total. The molecule has 0 fully saturated rings. The highest BCUT2D eigenvalue weighted by molar-refractivity contribution is 5.90. The molecule has 0 aromatic carbocycles. The minimum absolute atomic E-state index is 1.39. The maximum absolute atomic E-state index is 11.4. The molecule has 0 rings (SSSR count). The first-order valence-corrected chi connectivity index (χ1v) is 5.41. The van der Waals surface area contributed by atoms with Crippen LogP contribution in [0.2, 0.25) is 0 Å². The summed E-state index contributed by atoms with van der Waals surface area (Å²) < 4.78 is 4.08. The Balaban J connectivity index is 5.09. The summed E-state index contributed by atoms with van der Waals surface area (Å²) in [6.07, 6.45) is -8.06. The molecule has 0 heterocycles. The Labute approximate surface area is 121 Å². The van der Waals surface area contributed by atoms with Crippen LogP contribution < -0.4 is 0 Å². The van der Waals surface area contributed by atoms with Gasteiger partial charge in [0, 0.05) is 0 Å². The van der Waals surface area contributed by atoms with Crippen LogP contribution in [0.4, 0.5) is 0 Å².